The monoisotopic (exact) mass is 298 g/mol. The van der Waals surface area contributed by atoms with Gasteiger partial charge in [-0.2, -0.15) is 0 Å². The lowest BCUT2D eigenvalue weighted by atomic mass is 10.1. The van der Waals surface area contributed by atoms with Crippen molar-refractivity contribution < 1.29 is 9.90 Å². The lowest BCUT2D eigenvalue weighted by Gasteiger charge is -2.14. The number of rotatable bonds is 5. The van der Waals surface area contributed by atoms with Gasteiger partial charge in [0.15, 0.2) is 0 Å². The van der Waals surface area contributed by atoms with Gasteiger partial charge in [0.1, 0.15) is 0 Å². The second-order valence-corrected chi connectivity index (χ2v) is 5.28. The summed E-state index contributed by atoms with van der Waals surface area (Å²) in [5, 5.41) is 15.6. The lowest BCUT2D eigenvalue weighted by Crippen LogP contribution is -2.34. The zero-order chi connectivity index (χ0) is 13.7. The van der Waals surface area contributed by atoms with E-state index in [9.17, 15) is 9.90 Å². The number of aryl methyl sites for hydroxylation is 2. The van der Waals surface area contributed by atoms with Crippen molar-refractivity contribution in [3.8, 4) is 0 Å². The van der Waals surface area contributed by atoms with Crippen molar-refractivity contribution in [1.82, 2.24) is 10.6 Å². The largest absolute Gasteiger partial charge is 0.391 e. The van der Waals surface area contributed by atoms with Gasteiger partial charge in [-0.25, -0.2) is 0 Å². The van der Waals surface area contributed by atoms with Crippen LogP contribution >= 0.6 is 12.4 Å². The summed E-state index contributed by atoms with van der Waals surface area (Å²) in [6, 6.07) is 8.25. The van der Waals surface area contributed by atoms with E-state index in [0.717, 1.165) is 13.0 Å². The van der Waals surface area contributed by atoms with Crippen LogP contribution in [0.5, 0.6) is 0 Å². The van der Waals surface area contributed by atoms with E-state index in [4.69, 9.17) is 0 Å². The highest BCUT2D eigenvalue weighted by molar-refractivity contribution is 5.85. The Balaban J connectivity index is 0.00000200. The Labute approximate surface area is 126 Å². The summed E-state index contributed by atoms with van der Waals surface area (Å²) >= 11 is 0. The fourth-order valence-electron chi connectivity index (χ4n) is 2.27. The minimum absolute atomic E-state index is 0. The van der Waals surface area contributed by atoms with Crippen molar-refractivity contribution in [3.63, 3.8) is 0 Å². The van der Waals surface area contributed by atoms with Crippen molar-refractivity contribution in [1.29, 1.82) is 0 Å². The second-order valence-electron chi connectivity index (χ2n) is 5.28. The molecule has 2 rings (SSSR count). The molecule has 2 atom stereocenters. The summed E-state index contributed by atoms with van der Waals surface area (Å²) in [7, 11) is 0. The van der Waals surface area contributed by atoms with Gasteiger partial charge in [0, 0.05) is 32.0 Å². The van der Waals surface area contributed by atoms with E-state index in [1.165, 1.54) is 11.1 Å². The van der Waals surface area contributed by atoms with Gasteiger partial charge >= 0.3 is 0 Å². The van der Waals surface area contributed by atoms with Crippen LogP contribution in [0.2, 0.25) is 0 Å². The highest BCUT2D eigenvalue weighted by Crippen LogP contribution is 2.08. The van der Waals surface area contributed by atoms with Crippen molar-refractivity contribution in [2.45, 2.75) is 25.9 Å². The third-order valence-corrected chi connectivity index (χ3v) is 3.63. The Morgan fingerprint density at radius 2 is 2.05 bits per heavy atom. The maximum absolute atomic E-state index is 11.7. The molecular formula is C15H23ClN2O2. The topological polar surface area (TPSA) is 61.4 Å². The minimum Gasteiger partial charge on any atom is -0.391 e. The summed E-state index contributed by atoms with van der Waals surface area (Å²) in [6.07, 6.45) is 0.925. The Morgan fingerprint density at radius 1 is 1.35 bits per heavy atom. The molecule has 0 aromatic heterocycles. The fourth-order valence-corrected chi connectivity index (χ4v) is 2.27. The van der Waals surface area contributed by atoms with Gasteiger partial charge in [-0.15, -0.1) is 12.4 Å². The Bertz CT molecular complexity index is 422. The van der Waals surface area contributed by atoms with Crippen LogP contribution in [0.1, 0.15) is 17.5 Å². The summed E-state index contributed by atoms with van der Waals surface area (Å²) in [6.45, 7) is 4.02. The quantitative estimate of drug-likeness (QED) is 0.761. The van der Waals surface area contributed by atoms with E-state index in [1.807, 2.05) is 0 Å². The van der Waals surface area contributed by atoms with Crippen LogP contribution in [-0.2, 0) is 11.2 Å². The SMILES string of the molecule is Cc1ccc(CCC(=O)NCC2CNCC2O)cc1.Cl. The van der Waals surface area contributed by atoms with Gasteiger partial charge in [-0.1, -0.05) is 29.8 Å². The first kappa shape index (κ1) is 17.0. The summed E-state index contributed by atoms with van der Waals surface area (Å²) in [4.78, 5) is 11.7. The average Bonchev–Trinajstić information content (AvgIpc) is 2.81. The highest BCUT2D eigenvalue weighted by atomic mass is 35.5. The number of amides is 1. The molecule has 3 N–H and O–H groups in total. The molecule has 2 unspecified atom stereocenters. The Hall–Kier alpha value is -1.10. The molecule has 1 heterocycles. The number of carbonyl (C=O) groups excluding carboxylic acids is 1. The molecule has 1 aliphatic rings. The molecule has 5 heteroatoms. The molecule has 1 aliphatic heterocycles. The van der Waals surface area contributed by atoms with Crippen LogP contribution in [0.15, 0.2) is 24.3 Å². The van der Waals surface area contributed by atoms with Crippen LogP contribution in [-0.4, -0.2) is 36.8 Å². The van der Waals surface area contributed by atoms with E-state index < -0.39 is 0 Å². The number of halogens is 1. The van der Waals surface area contributed by atoms with Gasteiger partial charge in [-0.3, -0.25) is 4.79 Å². The van der Waals surface area contributed by atoms with E-state index in [2.05, 4.69) is 41.8 Å². The van der Waals surface area contributed by atoms with Gasteiger partial charge < -0.3 is 15.7 Å². The Morgan fingerprint density at radius 3 is 2.65 bits per heavy atom. The maximum Gasteiger partial charge on any atom is 0.220 e. The van der Waals surface area contributed by atoms with Crippen LogP contribution in [0, 0.1) is 12.8 Å². The zero-order valence-corrected chi connectivity index (χ0v) is 12.6. The number of nitrogens with one attached hydrogen (secondary N) is 2. The Kier molecular flexibility index (Phi) is 6.99. The molecule has 1 aromatic rings. The normalized spacial score (nSPS) is 21.3. The van der Waals surface area contributed by atoms with Crippen molar-refractivity contribution in [2.75, 3.05) is 19.6 Å². The molecule has 4 nitrogen and oxygen atoms in total. The van der Waals surface area contributed by atoms with Gasteiger partial charge in [0.2, 0.25) is 5.91 Å². The number of hydrogen-bond donors (Lipinski definition) is 3. The lowest BCUT2D eigenvalue weighted by molar-refractivity contribution is -0.121. The van der Waals surface area contributed by atoms with Gasteiger partial charge in [0.05, 0.1) is 6.10 Å². The zero-order valence-electron chi connectivity index (χ0n) is 11.8. The first-order valence-electron chi connectivity index (χ1n) is 6.86. The molecule has 0 aliphatic carbocycles. The number of hydrogen-bond acceptors (Lipinski definition) is 3. The summed E-state index contributed by atoms with van der Waals surface area (Å²) in [5.41, 5.74) is 2.42. The van der Waals surface area contributed by atoms with E-state index in [0.29, 0.717) is 19.5 Å². The van der Waals surface area contributed by atoms with Crippen LogP contribution < -0.4 is 10.6 Å². The van der Waals surface area contributed by atoms with Crippen molar-refractivity contribution >= 4 is 18.3 Å². The van der Waals surface area contributed by atoms with Gasteiger partial charge in [-0.05, 0) is 18.9 Å². The summed E-state index contributed by atoms with van der Waals surface area (Å²) in [5.74, 6) is 0.197. The van der Waals surface area contributed by atoms with Crippen molar-refractivity contribution in [2.24, 2.45) is 5.92 Å². The molecule has 0 radical (unpaired) electrons. The number of carbonyl (C=O) groups is 1. The summed E-state index contributed by atoms with van der Waals surface area (Å²) < 4.78 is 0. The maximum atomic E-state index is 11.7. The van der Waals surface area contributed by atoms with E-state index in [1.54, 1.807) is 0 Å². The molecule has 1 aromatic carbocycles. The molecule has 0 bridgehead atoms. The van der Waals surface area contributed by atoms with Crippen LogP contribution in [0.3, 0.4) is 0 Å². The number of benzene rings is 1. The standard InChI is InChI=1S/C15H22N2O2.ClH/c1-11-2-4-12(5-3-11)6-7-15(19)17-9-13-8-16-10-14(13)18;/h2-5,13-14,16,18H,6-10H2,1H3,(H,17,19);1H. The number of aliphatic hydroxyl groups excluding tert-OH is 1. The van der Waals surface area contributed by atoms with Gasteiger partial charge in [0.25, 0.3) is 0 Å². The smallest absolute Gasteiger partial charge is 0.220 e. The van der Waals surface area contributed by atoms with E-state index >= 15 is 0 Å². The predicted octanol–water partition coefficient (Wildman–Crippen LogP) is 1.05. The molecule has 1 saturated heterocycles. The van der Waals surface area contributed by atoms with Crippen LogP contribution in [0.25, 0.3) is 0 Å². The third-order valence-electron chi connectivity index (χ3n) is 3.63. The minimum atomic E-state index is -0.336. The second kappa shape index (κ2) is 8.25. The third kappa shape index (κ3) is 5.12. The fraction of sp³-hybridized carbons (Fsp3) is 0.533. The average molecular weight is 299 g/mol. The van der Waals surface area contributed by atoms with Crippen LogP contribution in [0.4, 0.5) is 0 Å². The molecule has 20 heavy (non-hydrogen) atoms. The van der Waals surface area contributed by atoms with E-state index in [-0.39, 0.29) is 30.3 Å². The van der Waals surface area contributed by atoms with Crippen molar-refractivity contribution in [3.05, 3.63) is 35.4 Å². The first-order chi connectivity index (χ1) is 9.15. The molecule has 0 saturated carbocycles. The molecule has 1 amide bonds. The number of aliphatic hydroxyl groups is 1. The first-order valence-corrected chi connectivity index (χ1v) is 6.86. The molecule has 112 valence electrons. The number of β-amino-alcohol motifs (C(OH)–C–C–N with tert-alkyl or cyclic N) is 1. The predicted molar refractivity (Wildman–Crippen MR) is 82.1 cm³/mol. The molecule has 0 spiro atoms. The molecule has 1 fully saturated rings. The highest BCUT2D eigenvalue weighted by Gasteiger charge is 2.24. The molecular weight excluding hydrogens is 276 g/mol.